The second-order valence-electron chi connectivity index (χ2n) is 9.43. The third-order valence-corrected chi connectivity index (χ3v) is 16.7. The van der Waals surface area contributed by atoms with Crippen LogP contribution in [0.25, 0.3) is 11.1 Å². The molecule has 1 nitrogen and oxygen atoms in total. The molecule has 0 saturated heterocycles. The number of hydrogen-bond donors (Lipinski definition) is 0. The van der Waals surface area contributed by atoms with Crippen LogP contribution in [-0.4, -0.2) is 12.1 Å². The van der Waals surface area contributed by atoms with Crippen molar-refractivity contribution in [2.75, 3.05) is 4.90 Å². The fourth-order valence-corrected chi connectivity index (χ4v) is 14.3. The number of rotatable bonds is 5. The van der Waals surface area contributed by atoms with E-state index in [1.165, 1.54) is 23.2 Å². The van der Waals surface area contributed by atoms with Crippen LogP contribution in [-0.2, 0) is 20.3 Å². The molecule has 0 radical (unpaired) electrons. The van der Waals surface area contributed by atoms with Crippen molar-refractivity contribution in [3.05, 3.63) is 75.1 Å². The Morgan fingerprint density at radius 1 is 0.893 bits per heavy atom. The fourth-order valence-electron chi connectivity index (χ4n) is 5.44. The van der Waals surface area contributed by atoms with Crippen molar-refractivity contribution < 1.29 is 20.3 Å². The van der Waals surface area contributed by atoms with Crippen molar-refractivity contribution in [1.29, 1.82) is 0 Å². The van der Waals surface area contributed by atoms with E-state index in [1.54, 1.807) is 14.4 Å². The Kier molecular flexibility index (Phi) is 5.30. The monoisotopic (exact) mass is 449 g/mol. The molecule has 0 spiro atoms. The Balaban J connectivity index is 1.88. The standard InChI is InChI=1S/C19H22N.C5H5.2CH3.Zr/c1-13(2)20(14(3)4)17-9-10-19-16(12-17)11-15-7-5-6-8-18(15)19;1-2-4-5-3-1;;;/h5-14H,1-4H3;1-3H,4H2;2*1H3;. The molecule has 2 aliphatic carbocycles. The molecule has 146 valence electrons. The quantitative estimate of drug-likeness (QED) is 0.456. The van der Waals surface area contributed by atoms with Crippen molar-refractivity contribution in [1.82, 2.24) is 0 Å². The summed E-state index contributed by atoms with van der Waals surface area (Å²) in [5, 5.41) is 0. The molecule has 28 heavy (non-hydrogen) atoms. The molecule has 1 unspecified atom stereocenters. The number of benzene rings is 2. The van der Waals surface area contributed by atoms with Gasteiger partial charge in [0.15, 0.2) is 0 Å². The van der Waals surface area contributed by atoms with Gasteiger partial charge >= 0.3 is 176 Å². The number of fused-ring (bicyclic) bond motifs is 3. The van der Waals surface area contributed by atoms with Crippen LogP contribution in [0.5, 0.6) is 0 Å². The summed E-state index contributed by atoms with van der Waals surface area (Å²) in [5.41, 5.74) is 7.46. The van der Waals surface area contributed by atoms with E-state index in [0.29, 0.717) is 15.7 Å². The van der Waals surface area contributed by atoms with E-state index in [2.05, 4.69) is 103 Å². The molecular weight excluding hydrogens is 418 g/mol. The van der Waals surface area contributed by atoms with Gasteiger partial charge < -0.3 is 0 Å². The van der Waals surface area contributed by atoms with Gasteiger partial charge in [0.05, 0.1) is 0 Å². The predicted molar refractivity (Wildman–Crippen MR) is 120 cm³/mol. The molecule has 0 bridgehead atoms. The molecule has 2 aromatic rings. The number of allylic oxidation sites excluding steroid dienone is 4. The molecule has 0 saturated carbocycles. The van der Waals surface area contributed by atoms with Gasteiger partial charge in [-0.1, -0.05) is 0 Å². The van der Waals surface area contributed by atoms with Crippen LogP contribution < -0.4 is 4.90 Å². The zero-order valence-electron chi connectivity index (χ0n) is 18.2. The summed E-state index contributed by atoms with van der Waals surface area (Å²) in [7, 11) is 0. The average Bonchev–Trinajstić information content (AvgIpc) is 3.27. The van der Waals surface area contributed by atoms with Crippen LogP contribution in [0, 0.1) is 0 Å². The predicted octanol–water partition coefficient (Wildman–Crippen LogP) is 7.47. The molecule has 0 amide bonds. The van der Waals surface area contributed by atoms with Crippen LogP contribution >= 0.6 is 0 Å². The van der Waals surface area contributed by atoms with Gasteiger partial charge in [-0.2, -0.15) is 0 Å². The molecule has 2 heteroatoms. The summed E-state index contributed by atoms with van der Waals surface area (Å²) in [6.07, 6.45) is 8.20. The van der Waals surface area contributed by atoms with Crippen LogP contribution in [0.4, 0.5) is 5.69 Å². The summed E-state index contributed by atoms with van der Waals surface area (Å²) in [5.74, 6) is 0. The third-order valence-electron chi connectivity index (χ3n) is 6.64. The molecular formula is C26H33NZr. The van der Waals surface area contributed by atoms with E-state index in [0.717, 1.165) is 0 Å². The van der Waals surface area contributed by atoms with E-state index < -0.39 is 20.3 Å². The van der Waals surface area contributed by atoms with Crippen LogP contribution in [0.2, 0.25) is 9.26 Å². The van der Waals surface area contributed by atoms with Gasteiger partial charge in [0.25, 0.3) is 0 Å². The molecule has 2 aliphatic rings. The van der Waals surface area contributed by atoms with Crippen molar-refractivity contribution >= 4 is 5.69 Å². The molecule has 0 N–H and O–H groups in total. The molecule has 0 aromatic heterocycles. The van der Waals surface area contributed by atoms with Gasteiger partial charge in [0, 0.05) is 0 Å². The maximum atomic E-state index is 2.64. The van der Waals surface area contributed by atoms with Crippen molar-refractivity contribution in [2.45, 2.75) is 59.1 Å². The minimum atomic E-state index is -2.57. The summed E-state index contributed by atoms with van der Waals surface area (Å²) in [4.78, 5) is 2.55. The molecule has 0 aliphatic heterocycles. The van der Waals surface area contributed by atoms with Gasteiger partial charge in [0.2, 0.25) is 0 Å². The van der Waals surface area contributed by atoms with Gasteiger partial charge in [-0.15, -0.1) is 0 Å². The van der Waals surface area contributed by atoms with Gasteiger partial charge in [0.1, 0.15) is 0 Å². The maximum absolute atomic E-state index is 2.64. The summed E-state index contributed by atoms with van der Waals surface area (Å²) >= 11 is -2.57. The molecule has 4 rings (SSSR count). The van der Waals surface area contributed by atoms with E-state index in [1.807, 2.05) is 0 Å². The first-order valence-electron chi connectivity index (χ1n) is 10.7. The number of hydrogen-bond acceptors (Lipinski definition) is 1. The Morgan fingerprint density at radius 2 is 1.57 bits per heavy atom. The van der Waals surface area contributed by atoms with Gasteiger partial charge in [-0.05, 0) is 0 Å². The second-order valence-corrected chi connectivity index (χ2v) is 20.9. The normalized spacial score (nSPS) is 17.9. The summed E-state index contributed by atoms with van der Waals surface area (Å²) in [6.45, 7) is 9.21. The van der Waals surface area contributed by atoms with Gasteiger partial charge in [-0.3, -0.25) is 0 Å². The first-order valence-corrected chi connectivity index (χ1v) is 18.3. The molecule has 2 aromatic carbocycles. The molecule has 1 atom stereocenters. The van der Waals surface area contributed by atoms with E-state index in [-0.39, 0.29) is 0 Å². The minimum absolute atomic E-state index is 0.499. The summed E-state index contributed by atoms with van der Waals surface area (Å²) in [6, 6.07) is 17.4. The Hall–Kier alpha value is -1.40. The molecule has 0 heterocycles. The number of anilines is 1. The fraction of sp³-hybridized carbons (Fsp3) is 0.385. The third kappa shape index (κ3) is 3.18. The summed E-state index contributed by atoms with van der Waals surface area (Å²) < 4.78 is 7.63. The average molecular weight is 451 g/mol. The van der Waals surface area contributed by atoms with Crippen LogP contribution in [0.1, 0.15) is 48.9 Å². The van der Waals surface area contributed by atoms with E-state index in [4.69, 9.17) is 0 Å². The van der Waals surface area contributed by atoms with Crippen LogP contribution in [0.3, 0.4) is 0 Å². The van der Waals surface area contributed by atoms with E-state index in [9.17, 15) is 0 Å². The second kappa shape index (κ2) is 7.45. The zero-order chi connectivity index (χ0) is 20.1. The Morgan fingerprint density at radius 3 is 2.21 bits per heavy atom. The van der Waals surface area contributed by atoms with Crippen molar-refractivity contribution in [3.63, 3.8) is 0 Å². The topological polar surface area (TPSA) is 3.24 Å². The van der Waals surface area contributed by atoms with Crippen molar-refractivity contribution in [3.8, 4) is 11.1 Å². The molecule has 0 fully saturated rings. The number of nitrogens with zero attached hydrogens (tertiary/aromatic N) is 1. The Bertz CT molecular complexity index is 941. The first kappa shape index (κ1) is 19.9. The SMILES string of the molecule is CC(C)N(c1ccc2c(c1)[CH]([Zr]([CH3])([CH3])[C]1=CC=CC1)c1ccccc1-2)C(C)C. The Labute approximate surface area is 175 Å². The first-order chi connectivity index (χ1) is 13.3. The van der Waals surface area contributed by atoms with E-state index >= 15 is 0 Å². The van der Waals surface area contributed by atoms with Crippen molar-refractivity contribution in [2.24, 2.45) is 0 Å². The van der Waals surface area contributed by atoms with Gasteiger partial charge in [-0.25, -0.2) is 0 Å². The van der Waals surface area contributed by atoms with Crippen LogP contribution in [0.15, 0.2) is 64.0 Å². The zero-order valence-corrected chi connectivity index (χ0v) is 20.6.